The Kier molecular flexibility index (Phi) is 6.29. The Bertz CT molecular complexity index is 390. The summed E-state index contributed by atoms with van der Waals surface area (Å²) in [6.45, 7) is 9.69. The minimum absolute atomic E-state index is 0.119. The van der Waals surface area contributed by atoms with Crippen LogP contribution in [0.25, 0.3) is 0 Å². The molecule has 1 aromatic heterocycles. The standard InChI is InChI=1S/C13H23N3OS/c1-5-7-15-12(17)6-8-14-9(2)13-10(3)16-11(4)18-13/h9,14H,5-8H2,1-4H3,(H,15,17). The molecule has 0 fully saturated rings. The fraction of sp³-hybridized carbons (Fsp3) is 0.692. The van der Waals surface area contributed by atoms with Crippen molar-refractivity contribution in [1.82, 2.24) is 15.6 Å². The smallest absolute Gasteiger partial charge is 0.221 e. The van der Waals surface area contributed by atoms with E-state index in [1.54, 1.807) is 11.3 Å². The van der Waals surface area contributed by atoms with Crippen molar-refractivity contribution in [1.29, 1.82) is 0 Å². The van der Waals surface area contributed by atoms with E-state index in [0.29, 0.717) is 13.0 Å². The first kappa shape index (κ1) is 15.1. The van der Waals surface area contributed by atoms with Crippen LogP contribution in [-0.4, -0.2) is 24.0 Å². The van der Waals surface area contributed by atoms with Crippen LogP contribution in [0.1, 0.15) is 48.3 Å². The lowest BCUT2D eigenvalue weighted by Gasteiger charge is -2.12. The summed E-state index contributed by atoms with van der Waals surface area (Å²) in [7, 11) is 0. The molecule has 5 heteroatoms. The molecule has 0 aliphatic rings. The second-order valence-electron chi connectivity index (χ2n) is 4.46. The maximum absolute atomic E-state index is 11.4. The van der Waals surface area contributed by atoms with Gasteiger partial charge >= 0.3 is 0 Å². The first-order valence-corrected chi connectivity index (χ1v) is 7.30. The van der Waals surface area contributed by atoms with Gasteiger partial charge in [-0.3, -0.25) is 4.79 Å². The van der Waals surface area contributed by atoms with E-state index in [9.17, 15) is 4.79 Å². The van der Waals surface area contributed by atoms with Gasteiger partial charge in [0.2, 0.25) is 5.91 Å². The molecule has 1 rings (SSSR count). The predicted molar refractivity (Wildman–Crippen MR) is 75.9 cm³/mol. The van der Waals surface area contributed by atoms with Crippen molar-refractivity contribution in [2.45, 2.75) is 46.6 Å². The van der Waals surface area contributed by atoms with E-state index in [-0.39, 0.29) is 11.9 Å². The summed E-state index contributed by atoms with van der Waals surface area (Å²) in [6.07, 6.45) is 1.51. The molecule has 0 saturated heterocycles. The summed E-state index contributed by atoms with van der Waals surface area (Å²) < 4.78 is 0. The van der Waals surface area contributed by atoms with Crippen molar-refractivity contribution in [3.05, 3.63) is 15.6 Å². The van der Waals surface area contributed by atoms with Crippen LogP contribution < -0.4 is 10.6 Å². The quantitative estimate of drug-likeness (QED) is 0.799. The highest BCUT2D eigenvalue weighted by Gasteiger charge is 2.12. The first-order chi connectivity index (χ1) is 8.54. The summed E-state index contributed by atoms with van der Waals surface area (Å²) in [6, 6.07) is 0.259. The van der Waals surface area contributed by atoms with E-state index in [0.717, 1.165) is 23.7 Å². The monoisotopic (exact) mass is 269 g/mol. The minimum Gasteiger partial charge on any atom is -0.356 e. The molecule has 4 nitrogen and oxygen atoms in total. The second kappa shape index (κ2) is 7.48. The van der Waals surface area contributed by atoms with Gasteiger partial charge in [0.15, 0.2) is 0 Å². The average Bonchev–Trinajstić information content (AvgIpc) is 2.65. The molecule has 2 N–H and O–H groups in total. The Balaban J connectivity index is 2.31. The topological polar surface area (TPSA) is 54.0 Å². The molecule has 0 aliphatic heterocycles. The number of nitrogens with one attached hydrogen (secondary N) is 2. The highest BCUT2D eigenvalue weighted by atomic mass is 32.1. The molecule has 0 aromatic carbocycles. The highest BCUT2D eigenvalue weighted by molar-refractivity contribution is 7.11. The van der Waals surface area contributed by atoms with Crippen LogP contribution >= 0.6 is 11.3 Å². The zero-order valence-corrected chi connectivity index (χ0v) is 12.5. The second-order valence-corrected chi connectivity index (χ2v) is 5.69. The molecular weight excluding hydrogens is 246 g/mol. The molecule has 0 spiro atoms. The molecule has 0 bridgehead atoms. The summed E-state index contributed by atoms with van der Waals surface area (Å²) in [5.74, 6) is 0.119. The van der Waals surface area contributed by atoms with E-state index >= 15 is 0 Å². The summed E-state index contributed by atoms with van der Waals surface area (Å²) in [4.78, 5) is 17.1. The summed E-state index contributed by atoms with van der Waals surface area (Å²) in [5.41, 5.74) is 1.09. The number of hydrogen-bond donors (Lipinski definition) is 2. The number of thiazole rings is 1. The lowest BCUT2D eigenvalue weighted by Crippen LogP contribution is -2.29. The largest absolute Gasteiger partial charge is 0.356 e. The molecular formula is C13H23N3OS. The molecule has 1 amide bonds. The zero-order chi connectivity index (χ0) is 13.5. The number of aryl methyl sites for hydroxylation is 2. The number of hydrogen-bond acceptors (Lipinski definition) is 4. The van der Waals surface area contributed by atoms with Gasteiger partial charge in [-0.2, -0.15) is 0 Å². The number of carbonyl (C=O) groups is 1. The van der Waals surface area contributed by atoms with Gasteiger partial charge in [-0.25, -0.2) is 4.98 Å². The van der Waals surface area contributed by atoms with E-state index in [1.165, 1.54) is 4.88 Å². The fourth-order valence-electron chi connectivity index (χ4n) is 1.80. The fourth-order valence-corrected chi connectivity index (χ4v) is 2.75. The third-order valence-corrected chi connectivity index (χ3v) is 3.96. The lowest BCUT2D eigenvalue weighted by atomic mass is 10.2. The van der Waals surface area contributed by atoms with Crippen LogP contribution in [0.2, 0.25) is 0 Å². The average molecular weight is 269 g/mol. The molecule has 0 aliphatic carbocycles. The van der Waals surface area contributed by atoms with Gasteiger partial charge in [-0.05, 0) is 27.2 Å². The first-order valence-electron chi connectivity index (χ1n) is 6.48. The third kappa shape index (κ3) is 4.74. The van der Waals surface area contributed by atoms with Crippen molar-refractivity contribution >= 4 is 17.2 Å². The van der Waals surface area contributed by atoms with Crippen molar-refractivity contribution in [3.8, 4) is 0 Å². The van der Waals surface area contributed by atoms with Crippen molar-refractivity contribution in [2.24, 2.45) is 0 Å². The maximum Gasteiger partial charge on any atom is 0.221 e. The van der Waals surface area contributed by atoms with Gasteiger partial charge in [0.25, 0.3) is 0 Å². The Morgan fingerprint density at radius 1 is 1.39 bits per heavy atom. The Labute approximate surface area is 113 Å². The Hall–Kier alpha value is -0.940. The number of rotatable bonds is 7. The van der Waals surface area contributed by atoms with E-state index in [4.69, 9.17) is 0 Å². The molecule has 1 unspecified atom stereocenters. The normalized spacial score (nSPS) is 12.4. The van der Waals surface area contributed by atoms with Gasteiger partial charge in [0.05, 0.1) is 10.7 Å². The van der Waals surface area contributed by atoms with Crippen LogP contribution in [0, 0.1) is 13.8 Å². The van der Waals surface area contributed by atoms with Crippen LogP contribution in [0.5, 0.6) is 0 Å². The maximum atomic E-state index is 11.4. The highest BCUT2D eigenvalue weighted by Crippen LogP contribution is 2.24. The van der Waals surface area contributed by atoms with Gasteiger partial charge in [0.1, 0.15) is 0 Å². The number of carbonyl (C=O) groups excluding carboxylic acids is 1. The molecule has 1 heterocycles. The van der Waals surface area contributed by atoms with E-state index < -0.39 is 0 Å². The summed E-state index contributed by atoms with van der Waals surface area (Å²) >= 11 is 1.72. The molecule has 102 valence electrons. The number of aromatic nitrogens is 1. The molecule has 0 radical (unpaired) electrons. The van der Waals surface area contributed by atoms with E-state index in [2.05, 4.69) is 29.5 Å². The minimum atomic E-state index is 0.119. The molecule has 1 aromatic rings. The Morgan fingerprint density at radius 3 is 2.67 bits per heavy atom. The molecule has 18 heavy (non-hydrogen) atoms. The molecule has 1 atom stereocenters. The third-order valence-electron chi connectivity index (χ3n) is 2.71. The van der Waals surface area contributed by atoms with E-state index in [1.807, 2.05) is 13.8 Å². The number of nitrogens with zero attached hydrogens (tertiary/aromatic N) is 1. The van der Waals surface area contributed by atoms with Crippen molar-refractivity contribution < 1.29 is 4.79 Å². The van der Waals surface area contributed by atoms with Gasteiger partial charge in [-0.1, -0.05) is 6.92 Å². The van der Waals surface area contributed by atoms with Crippen LogP contribution in [0.4, 0.5) is 0 Å². The SMILES string of the molecule is CCCNC(=O)CCNC(C)c1sc(C)nc1C. The van der Waals surface area contributed by atoms with Crippen molar-refractivity contribution in [2.75, 3.05) is 13.1 Å². The predicted octanol–water partition coefficient (Wildman–Crippen LogP) is 2.33. The van der Waals surface area contributed by atoms with Gasteiger partial charge < -0.3 is 10.6 Å². The molecule has 0 saturated carbocycles. The number of amides is 1. The van der Waals surface area contributed by atoms with Crippen LogP contribution in [0.15, 0.2) is 0 Å². The van der Waals surface area contributed by atoms with Gasteiger partial charge in [-0.15, -0.1) is 11.3 Å². The van der Waals surface area contributed by atoms with Crippen molar-refractivity contribution in [3.63, 3.8) is 0 Å². The van der Waals surface area contributed by atoms with Crippen LogP contribution in [0.3, 0.4) is 0 Å². The zero-order valence-electron chi connectivity index (χ0n) is 11.7. The Morgan fingerprint density at radius 2 is 2.11 bits per heavy atom. The summed E-state index contributed by atoms with van der Waals surface area (Å²) in [5, 5.41) is 7.34. The van der Waals surface area contributed by atoms with Gasteiger partial charge in [0, 0.05) is 30.4 Å². The lowest BCUT2D eigenvalue weighted by molar-refractivity contribution is -0.121. The van der Waals surface area contributed by atoms with Crippen LogP contribution in [-0.2, 0) is 4.79 Å².